The number of nitrogens with one attached hydrogen (secondary N) is 2. The van der Waals surface area contributed by atoms with Crippen LogP contribution in [0.25, 0.3) is 0 Å². The van der Waals surface area contributed by atoms with E-state index in [1.165, 1.54) is 24.6 Å². The molecule has 0 radical (unpaired) electrons. The Morgan fingerprint density at radius 3 is 2.62 bits per heavy atom. The first kappa shape index (κ1) is 21.3. The zero-order valence-corrected chi connectivity index (χ0v) is 16.5. The lowest BCUT2D eigenvalue weighted by Crippen LogP contribution is -2.50. The van der Waals surface area contributed by atoms with Gasteiger partial charge in [-0.05, 0) is 37.3 Å². The first-order chi connectivity index (χ1) is 13.6. The number of nitrogens with zero attached hydrogens (tertiary/aromatic N) is 2. The molecule has 3 N–H and O–H groups in total. The molecule has 0 aliphatic heterocycles. The topological polar surface area (TPSA) is 96.2 Å². The molecule has 1 unspecified atom stereocenters. The Balaban J connectivity index is 1.65. The molecule has 1 atom stereocenters. The van der Waals surface area contributed by atoms with E-state index in [1.807, 2.05) is 5.43 Å². The van der Waals surface area contributed by atoms with Crippen molar-refractivity contribution in [1.29, 1.82) is 0 Å². The second kappa shape index (κ2) is 8.15. The number of fused-ring (bicyclic) bond motifs is 1. The molecule has 11 heteroatoms. The molecule has 158 valence electrons. The number of carbonyl (C=O) groups is 2. The van der Waals surface area contributed by atoms with Crippen molar-refractivity contribution in [3.05, 3.63) is 39.6 Å². The molecule has 0 fully saturated rings. The number of thiophene rings is 1. The largest absolute Gasteiger partial charge is 0.425 e. The standard InChI is InChI=1S/C18H21F3N4O3S/c1-25-8-7-22-16(25)17(28,18(19,20)21)10-14(26)23-24-15(27)13-9-11-5-3-2-4-6-12(11)29-13/h7-9,28H,2-6,10H2,1H3,(H,23,26)(H,24,27). The van der Waals surface area contributed by atoms with E-state index < -0.39 is 35.8 Å². The van der Waals surface area contributed by atoms with Crippen molar-refractivity contribution in [3.63, 3.8) is 0 Å². The van der Waals surface area contributed by atoms with E-state index in [4.69, 9.17) is 0 Å². The average Bonchev–Trinajstić information content (AvgIpc) is 3.19. The molecule has 2 amide bonds. The molecule has 1 aliphatic carbocycles. The monoisotopic (exact) mass is 430 g/mol. The second-order valence-electron chi connectivity index (χ2n) is 7.02. The lowest BCUT2D eigenvalue weighted by Gasteiger charge is -2.29. The second-order valence-corrected chi connectivity index (χ2v) is 8.16. The highest BCUT2D eigenvalue weighted by Crippen LogP contribution is 2.40. The van der Waals surface area contributed by atoms with Crippen molar-refractivity contribution in [1.82, 2.24) is 20.4 Å². The van der Waals surface area contributed by atoms with Crippen LogP contribution in [0.2, 0.25) is 0 Å². The maximum absolute atomic E-state index is 13.5. The summed E-state index contributed by atoms with van der Waals surface area (Å²) in [5, 5.41) is 10.2. The Hall–Kier alpha value is -2.40. The summed E-state index contributed by atoms with van der Waals surface area (Å²) in [6.07, 6.45) is 0.840. The van der Waals surface area contributed by atoms with Gasteiger partial charge in [-0.15, -0.1) is 11.3 Å². The third kappa shape index (κ3) is 4.45. The van der Waals surface area contributed by atoms with Gasteiger partial charge in [-0.3, -0.25) is 20.4 Å². The third-order valence-corrected chi connectivity index (χ3v) is 6.10. The highest BCUT2D eigenvalue weighted by molar-refractivity contribution is 7.14. The predicted molar refractivity (Wildman–Crippen MR) is 99.0 cm³/mol. The number of rotatable bonds is 4. The summed E-state index contributed by atoms with van der Waals surface area (Å²) in [5.74, 6) is -2.52. The maximum Gasteiger partial charge on any atom is 0.425 e. The molecule has 7 nitrogen and oxygen atoms in total. The summed E-state index contributed by atoms with van der Waals surface area (Å²) >= 11 is 1.32. The number of alkyl halides is 3. The van der Waals surface area contributed by atoms with E-state index in [0.717, 1.165) is 53.3 Å². The lowest BCUT2D eigenvalue weighted by molar-refractivity contribution is -0.271. The molecule has 0 spiro atoms. The van der Waals surface area contributed by atoms with Crippen molar-refractivity contribution in [2.75, 3.05) is 0 Å². The van der Waals surface area contributed by atoms with E-state index in [0.29, 0.717) is 4.88 Å². The Kier molecular flexibility index (Phi) is 5.99. The van der Waals surface area contributed by atoms with Gasteiger partial charge in [-0.25, -0.2) is 4.98 Å². The number of hydrazine groups is 1. The van der Waals surface area contributed by atoms with E-state index >= 15 is 0 Å². The summed E-state index contributed by atoms with van der Waals surface area (Å²) in [4.78, 5) is 29.4. The predicted octanol–water partition coefficient (Wildman–Crippen LogP) is 2.35. The van der Waals surface area contributed by atoms with E-state index in [9.17, 15) is 27.9 Å². The first-order valence-electron chi connectivity index (χ1n) is 9.09. The van der Waals surface area contributed by atoms with Crippen LogP contribution in [0.3, 0.4) is 0 Å². The number of hydrogen-bond acceptors (Lipinski definition) is 5. The number of hydrogen-bond donors (Lipinski definition) is 3. The van der Waals surface area contributed by atoms with Gasteiger partial charge in [0.2, 0.25) is 11.5 Å². The number of aromatic nitrogens is 2. The zero-order chi connectivity index (χ0) is 21.2. The van der Waals surface area contributed by atoms with Gasteiger partial charge in [0.1, 0.15) is 0 Å². The van der Waals surface area contributed by atoms with Crippen molar-refractivity contribution in [2.24, 2.45) is 7.05 Å². The summed E-state index contributed by atoms with van der Waals surface area (Å²) in [5.41, 5.74) is 1.69. The summed E-state index contributed by atoms with van der Waals surface area (Å²) < 4.78 is 41.4. The molecular formula is C18H21F3N4O3S. The van der Waals surface area contributed by atoms with Crippen LogP contribution in [-0.2, 0) is 30.3 Å². The number of amides is 2. The molecule has 0 saturated heterocycles. The summed E-state index contributed by atoms with van der Waals surface area (Å²) in [6, 6.07) is 1.76. The minimum absolute atomic E-state index is 0.382. The first-order valence-corrected chi connectivity index (χ1v) is 9.91. The van der Waals surface area contributed by atoms with E-state index in [2.05, 4.69) is 10.4 Å². The fourth-order valence-electron chi connectivity index (χ4n) is 3.31. The van der Waals surface area contributed by atoms with Gasteiger partial charge in [-0.2, -0.15) is 13.2 Å². The van der Waals surface area contributed by atoms with Gasteiger partial charge in [0.25, 0.3) is 5.91 Å². The van der Waals surface area contributed by atoms with Crippen LogP contribution in [0.1, 0.15) is 51.6 Å². The van der Waals surface area contributed by atoms with E-state index in [-0.39, 0.29) is 0 Å². The van der Waals surface area contributed by atoms with Crippen molar-refractivity contribution < 1.29 is 27.9 Å². The van der Waals surface area contributed by atoms with Crippen molar-refractivity contribution in [2.45, 2.75) is 50.3 Å². The molecular weight excluding hydrogens is 409 g/mol. The van der Waals surface area contributed by atoms with Crippen LogP contribution in [0.4, 0.5) is 13.2 Å². The number of halogens is 3. The number of aryl methyl sites for hydroxylation is 3. The Morgan fingerprint density at radius 2 is 1.97 bits per heavy atom. The summed E-state index contributed by atoms with van der Waals surface area (Å²) in [6.45, 7) is 0. The van der Waals surface area contributed by atoms with Gasteiger partial charge in [0.15, 0.2) is 5.82 Å². The van der Waals surface area contributed by atoms with Crippen LogP contribution in [0.5, 0.6) is 0 Å². The molecule has 0 bridgehead atoms. The summed E-state index contributed by atoms with van der Waals surface area (Å²) in [7, 11) is 1.28. The minimum Gasteiger partial charge on any atom is -0.374 e. The highest BCUT2D eigenvalue weighted by Gasteiger charge is 2.58. The van der Waals surface area contributed by atoms with Gasteiger partial charge in [-0.1, -0.05) is 6.42 Å². The molecule has 2 aromatic heterocycles. The van der Waals surface area contributed by atoms with Gasteiger partial charge in [0.05, 0.1) is 11.3 Å². The smallest absolute Gasteiger partial charge is 0.374 e. The van der Waals surface area contributed by atoms with Gasteiger partial charge < -0.3 is 9.67 Å². The Bertz CT molecular complexity index is 885. The van der Waals surface area contributed by atoms with Crippen LogP contribution in [0.15, 0.2) is 18.5 Å². The van der Waals surface area contributed by atoms with Crippen LogP contribution < -0.4 is 10.9 Å². The highest BCUT2D eigenvalue weighted by atomic mass is 32.1. The quantitative estimate of drug-likeness (QED) is 0.513. The SMILES string of the molecule is Cn1ccnc1C(O)(CC(=O)NNC(=O)c1cc2c(s1)CCCCC2)C(F)(F)F. The third-order valence-electron chi connectivity index (χ3n) is 4.86. The van der Waals surface area contributed by atoms with Crippen LogP contribution in [0, 0.1) is 0 Å². The minimum atomic E-state index is -5.14. The number of imidazole rings is 1. The fourth-order valence-corrected chi connectivity index (χ4v) is 4.46. The molecule has 2 heterocycles. The van der Waals surface area contributed by atoms with Gasteiger partial charge >= 0.3 is 6.18 Å². The fraction of sp³-hybridized carbons (Fsp3) is 0.500. The maximum atomic E-state index is 13.5. The van der Waals surface area contributed by atoms with Crippen LogP contribution in [-0.4, -0.2) is 32.6 Å². The van der Waals surface area contributed by atoms with Crippen LogP contribution >= 0.6 is 11.3 Å². The molecule has 3 rings (SSSR count). The molecule has 1 aliphatic rings. The molecule has 0 saturated carbocycles. The van der Waals surface area contributed by atoms with Crippen molar-refractivity contribution >= 4 is 23.2 Å². The Morgan fingerprint density at radius 1 is 1.24 bits per heavy atom. The molecule has 2 aromatic rings. The number of aliphatic hydroxyl groups is 1. The normalized spacial score (nSPS) is 16.4. The van der Waals surface area contributed by atoms with Gasteiger partial charge in [0, 0.05) is 24.3 Å². The average molecular weight is 430 g/mol. The lowest BCUT2D eigenvalue weighted by atomic mass is 9.97. The zero-order valence-electron chi connectivity index (χ0n) is 15.7. The Labute approximate surface area is 168 Å². The molecule has 0 aromatic carbocycles. The van der Waals surface area contributed by atoms with Crippen molar-refractivity contribution in [3.8, 4) is 0 Å². The molecule has 29 heavy (non-hydrogen) atoms. The number of carbonyl (C=O) groups excluding carboxylic acids is 2. The van der Waals surface area contributed by atoms with E-state index in [1.54, 1.807) is 6.07 Å².